The van der Waals surface area contributed by atoms with Crippen LogP contribution in [0, 0.1) is 25.6 Å². The lowest BCUT2D eigenvalue weighted by Gasteiger charge is -2.57. The van der Waals surface area contributed by atoms with E-state index in [-0.39, 0.29) is 46.2 Å². The average molecular weight is 475 g/mol. The molecule has 2 N–H and O–H groups in total. The molecule has 2 bridgehead atoms. The Kier molecular flexibility index (Phi) is 6.31. The number of aryl methyl sites for hydroxylation is 2. The van der Waals surface area contributed by atoms with Gasteiger partial charge >= 0.3 is 0 Å². The van der Waals surface area contributed by atoms with Crippen molar-refractivity contribution in [3.8, 4) is 5.75 Å². The summed E-state index contributed by atoms with van der Waals surface area (Å²) in [6.07, 6.45) is 5.33. The Morgan fingerprint density at radius 1 is 1.18 bits per heavy atom. The highest BCUT2D eigenvalue weighted by molar-refractivity contribution is 6.30. The van der Waals surface area contributed by atoms with Crippen LogP contribution in [0.3, 0.4) is 0 Å². The third-order valence-electron chi connectivity index (χ3n) is 7.19. The number of nitrogens with zero attached hydrogens (tertiary/aromatic N) is 2. The van der Waals surface area contributed by atoms with Gasteiger partial charge in [-0.05, 0) is 64.0 Å². The minimum absolute atomic E-state index is 0.00376. The van der Waals surface area contributed by atoms with Crippen LogP contribution in [0.5, 0.6) is 5.75 Å². The summed E-state index contributed by atoms with van der Waals surface area (Å²) in [6.45, 7) is 5.60. The molecule has 2 aromatic rings. The molecule has 0 saturated heterocycles. The van der Waals surface area contributed by atoms with Crippen molar-refractivity contribution in [3.05, 3.63) is 52.3 Å². The number of amides is 2. The second-order valence-electron chi connectivity index (χ2n) is 9.33. The van der Waals surface area contributed by atoms with E-state index in [9.17, 15) is 14.0 Å². The van der Waals surface area contributed by atoms with Crippen LogP contribution in [0.1, 0.15) is 60.9 Å². The van der Waals surface area contributed by atoms with Crippen molar-refractivity contribution in [2.45, 2.75) is 64.0 Å². The molecule has 0 aliphatic heterocycles. The van der Waals surface area contributed by atoms with Gasteiger partial charge in [-0.2, -0.15) is 0 Å². The van der Waals surface area contributed by atoms with Crippen LogP contribution in [-0.4, -0.2) is 39.5 Å². The lowest BCUT2D eigenvalue weighted by molar-refractivity contribution is -0.128. The number of nitrogens with one attached hydrogen (secondary N) is 2. The maximum atomic E-state index is 13.6. The normalized spacial score (nSPS) is 26.0. The SMILES string of the molecule is Cc1ncc(C(=O)NC23CCC(NC(=O)COc4ccc(Cl)c(F)c4)(CC2)[C@@H](C)C3)nc1C. The average Bonchev–Trinajstić information content (AvgIpc) is 2.77. The number of ether oxygens (including phenoxy) is 1. The maximum Gasteiger partial charge on any atom is 0.271 e. The van der Waals surface area contributed by atoms with Crippen molar-refractivity contribution in [2.24, 2.45) is 5.92 Å². The van der Waals surface area contributed by atoms with Crippen LogP contribution < -0.4 is 15.4 Å². The molecule has 1 heterocycles. The van der Waals surface area contributed by atoms with Gasteiger partial charge in [0, 0.05) is 17.1 Å². The van der Waals surface area contributed by atoms with E-state index in [0.29, 0.717) is 5.69 Å². The van der Waals surface area contributed by atoms with Gasteiger partial charge in [-0.15, -0.1) is 0 Å². The first-order valence-electron chi connectivity index (χ1n) is 11.1. The fourth-order valence-corrected chi connectivity index (χ4v) is 5.18. The van der Waals surface area contributed by atoms with E-state index in [1.165, 1.54) is 18.3 Å². The van der Waals surface area contributed by atoms with Gasteiger partial charge in [-0.25, -0.2) is 9.37 Å². The monoisotopic (exact) mass is 474 g/mol. The molecule has 3 aliphatic carbocycles. The maximum absolute atomic E-state index is 13.6. The predicted octanol–water partition coefficient (Wildman–Crippen LogP) is 3.90. The molecule has 1 aromatic heterocycles. The Morgan fingerprint density at radius 3 is 2.55 bits per heavy atom. The van der Waals surface area contributed by atoms with Crippen LogP contribution in [0.15, 0.2) is 24.4 Å². The van der Waals surface area contributed by atoms with E-state index in [4.69, 9.17) is 16.3 Å². The molecular formula is C24H28ClFN4O3. The summed E-state index contributed by atoms with van der Waals surface area (Å²) in [5.41, 5.74) is 1.23. The zero-order valence-electron chi connectivity index (χ0n) is 19.0. The topological polar surface area (TPSA) is 93.2 Å². The van der Waals surface area contributed by atoms with Gasteiger partial charge in [-0.3, -0.25) is 14.6 Å². The van der Waals surface area contributed by atoms with E-state index in [1.807, 2.05) is 13.8 Å². The number of rotatable bonds is 6. The quantitative estimate of drug-likeness (QED) is 0.662. The third kappa shape index (κ3) is 4.81. The van der Waals surface area contributed by atoms with E-state index < -0.39 is 5.82 Å². The van der Waals surface area contributed by atoms with Crippen molar-refractivity contribution in [2.75, 3.05) is 6.61 Å². The predicted molar refractivity (Wildman–Crippen MR) is 122 cm³/mol. The van der Waals surface area contributed by atoms with Crippen molar-refractivity contribution >= 4 is 23.4 Å². The summed E-state index contributed by atoms with van der Waals surface area (Å²) < 4.78 is 19.0. The summed E-state index contributed by atoms with van der Waals surface area (Å²) in [6, 6.07) is 4.08. The van der Waals surface area contributed by atoms with Crippen molar-refractivity contribution in [1.82, 2.24) is 20.6 Å². The van der Waals surface area contributed by atoms with Crippen LogP contribution in [0.4, 0.5) is 4.39 Å². The number of carbonyl (C=O) groups is 2. The highest BCUT2D eigenvalue weighted by Crippen LogP contribution is 2.50. The van der Waals surface area contributed by atoms with Crippen LogP contribution in [0.25, 0.3) is 0 Å². The fraction of sp³-hybridized carbons (Fsp3) is 0.500. The van der Waals surface area contributed by atoms with Crippen LogP contribution in [0.2, 0.25) is 5.02 Å². The van der Waals surface area contributed by atoms with Crippen molar-refractivity contribution in [1.29, 1.82) is 0 Å². The smallest absolute Gasteiger partial charge is 0.271 e. The minimum atomic E-state index is -0.591. The Balaban J connectivity index is 1.35. The molecule has 0 unspecified atom stereocenters. The molecule has 33 heavy (non-hydrogen) atoms. The van der Waals surface area contributed by atoms with Gasteiger partial charge in [0.15, 0.2) is 6.61 Å². The molecule has 0 radical (unpaired) electrons. The molecule has 9 heteroatoms. The van der Waals surface area contributed by atoms with Crippen LogP contribution >= 0.6 is 11.6 Å². The molecule has 7 nitrogen and oxygen atoms in total. The number of carbonyl (C=O) groups excluding carboxylic acids is 2. The minimum Gasteiger partial charge on any atom is -0.484 e. The van der Waals surface area contributed by atoms with Gasteiger partial charge in [0.25, 0.3) is 11.8 Å². The van der Waals surface area contributed by atoms with Crippen molar-refractivity contribution in [3.63, 3.8) is 0 Å². The second kappa shape index (κ2) is 8.89. The number of fused-ring (bicyclic) bond motifs is 3. The van der Waals surface area contributed by atoms with Gasteiger partial charge in [-0.1, -0.05) is 18.5 Å². The van der Waals surface area contributed by atoms with Gasteiger partial charge in [0.1, 0.15) is 17.3 Å². The second-order valence-corrected chi connectivity index (χ2v) is 9.74. The van der Waals surface area contributed by atoms with Crippen molar-refractivity contribution < 1.29 is 18.7 Å². The van der Waals surface area contributed by atoms with E-state index in [1.54, 1.807) is 0 Å². The molecule has 176 valence electrons. The van der Waals surface area contributed by atoms with Gasteiger partial charge in [0.2, 0.25) is 0 Å². The van der Waals surface area contributed by atoms with Gasteiger partial charge < -0.3 is 15.4 Å². The highest BCUT2D eigenvalue weighted by atomic mass is 35.5. The van der Waals surface area contributed by atoms with Gasteiger partial charge in [0.05, 0.1) is 22.6 Å². The molecule has 3 fully saturated rings. The zero-order chi connectivity index (χ0) is 23.8. The summed E-state index contributed by atoms with van der Waals surface area (Å²) >= 11 is 5.68. The van der Waals surface area contributed by atoms with E-state index in [0.717, 1.165) is 49.6 Å². The summed E-state index contributed by atoms with van der Waals surface area (Å²) in [7, 11) is 0. The zero-order valence-corrected chi connectivity index (χ0v) is 19.8. The largest absolute Gasteiger partial charge is 0.484 e. The first-order chi connectivity index (χ1) is 15.6. The number of hydrogen-bond acceptors (Lipinski definition) is 5. The van der Waals surface area contributed by atoms with E-state index >= 15 is 0 Å². The number of aromatic nitrogens is 2. The fourth-order valence-electron chi connectivity index (χ4n) is 5.06. The summed E-state index contributed by atoms with van der Waals surface area (Å²) in [5.74, 6) is -0.628. The molecule has 2 amide bonds. The molecule has 3 saturated carbocycles. The number of benzene rings is 1. The molecular weight excluding hydrogens is 447 g/mol. The third-order valence-corrected chi connectivity index (χ3v) is 7.50. The first-order valence-corrected chi connectivity index (χ1v) is 11.5. The highest BCUT2D eigenvalue weighted by Gasteiger charge is 2.54. The lowest BCUT2D eigenvalue weighted by Crippen LogP contribution is -2.67. The number of halogens is 2. The Bertz CT molecular complexity index is 1090. The molecule has 0 spiro atoms. The summed E-state index contributed by atoms with van der Waals surface area (Å²) in [4.78, 5) is 34.1. The Labute approximate surface area is 197 Å². The lowest BCUT2D eigenvalue weighted by atomic mass is 9.56. The molecule has 5 rings (SSSR count). The van der Waals surface area contributed by atoms with E-state index in [2.05, 4.69) is 27.5 Å². The Hall–Kier alpha value is -2.74. The first kappa shape index (κ1) is 23.4. The molecule has 1 aromatic carbocycles. The molecule has 3 aliphatic rings. The Morgan fingerprint density at radius 2 is 1.91 bits per heavy atom. The van der Waals surface area contributed by atoms with Crippen LogP contribution in [-0.2, 0) is 4.79 Å². The number of hydrogen-bond donors (Lipinski definition) is 2. The summed E-state index contributed by atoms with van der Waals surface area (Å²) in [5, 5.41) is 6.38. The standard InChI is InChI=1S/C24H28ClFN4O3/c1-14-11-23(30-22(32)20-12-27-15(2)16(3)28-20)6-8-24(14,9-7-23)29-21(31)13-33-17-4-5-18(25)19(26)10-17/h4-5,10,12,14H,6-9,11,13H2,1-3H3,(H,29,31)(H,30,32)/t14-,23?,24?/m0/s1. The molecule has 1 atom stereocenters.